The fraction of sp³-hybridized carbons (Fsp3) is 0.533. The van der Waals surface area contributed by atoms with Crippen LogP contribution < -0.4 is 11.1 Å². The monoisotopic (exact) mass is 306 g/mol. The van der Waals surface area contributed by atoms with Gasteiger partial charge in [-0.05, 0) is 25.0 Å². The molecule has 22 heavy (non-hydrogen) atoms. The van der Waals surface area contributed by atoms with E-state index in [0.717, 1.165) is 6.42 Å². The third kappa shape index (κ3) is 3.19. The number of aromatic nitrogens is 1. The van der Waals surface area contributed by atoms with Crippen molar-refractivity contribution in [2.24, 2.45) is 5.73 Å². The van der Waals surface area contributed by atoms with E-state index in [2.05, 4.69) is 10.3 Å². The van der Waals surface area contributed by atoms with Gasteiger partial charge in [-0.2, -0.15) is 0 Å². The van der Waals surface area contributed by atoms with Crippen LogP contribution >= 0.6 is 0 Å². The molecule has 0 unspecified atom stereocenters. The highest BCUT2D eigenvalue weighted by atomic mass is 16.5. The second-order valence-corrected chi connectivity index (χ2v) is 5.54. The summed E-state index contributed by atoms with van der Waals surface area (Å²) in [5, 5.41) is 2.91. The third-order valence-corrected chi connectivity index (χ3v) is 4.02. The summed E-state index contributed by atoms with van der Waals surface area (Å²) in [7, 11) is 3.31. The summed E-state index contributed by atoms with van der Waals surface area (Å²) in [4.78, 5) is 30.1. The molecule has 2 rings (SSSR count). The third-order valence-electron chi connectivity index (χ3n) is 4.02. The Balaban J connectivity index is 2.30. The molecule has 0 bridgehead atoms. The molecule has 0 saturated carbocycles. The maximum Gasteiger partial charge on any atom is 0.254 e. The molecule has 2 heterocycles. The van der Waals surface area contributed by atoms with Crippen LogP contribution in [0.1, 0.15) is 29.6 Å². The van der Waals surface area contributed by atoms with E-state index in [1.54, 1.807) is 37.4 Å². The smallest absolute Gasteiger partial charge is 0.254 e. The van der Waals surface area contributed by atoms with Crippen molar-refractivity contribution < 1.29 is 14.3 Å². The molecule has 7 heteroatoms. The SMILES string of the molecule is CNc1cc(C(=O)N2CCC[C@]2(COC)CC(N)=O)ccn1. The summed E-state index contributed by atoms with van der Waals surface area (Å²) in [6, 6.07) is 3.37. The van der Waals surface area contributed by atoms with Crippen molar-refractivity contribution >= 4 is 17.6 Å². The van der Waals surface area contributed by atoms with Crippen molar-refractivity contribution in [1.82, 2.24) is 9.88 Å². The molecule has 1 aromatic heterocycles. The van der Waals surface area contributed by atoms with Crippen molar-refractivity contribution in [1.29, 1.82) is 0 Å². The predicted octanol–water partition coefficient (Wildman–Crippen LogP) is 0.620. The Kier molecular flexibility index (Phi) is 4.97. The zero-order valence-electron chi connectivity index (χ0n) is 13.0. The quantitative estimate of drug-likeness (QED) is 0.803. The zero-order chi connectivity index (χ0) is 16.2. The first-order valence-electron chi connectivity index (χ1n) is 7.25. The molecule has 2 amide bonds. The zero-order valence-corrected chi connectivity index (χ0v) is 13.0. The number of carbonyl (C=O) groups is 2. The van der Waals surface area contributed by atoms with Crippen molar-refractivity contribution in [2.45, 2.75) is 24.8 Å². The number of hydrogen-bond donors (Lipinski definition) is 2. The van der Waals surface area contributed by atoms with E-state index in [4.69, 9.17) is 10.5 Å². The molecule has 1 saturated heterocycles. The number of likely N-dealkylation sites (tertiary alicyclic amines) is 1. The molecule has 0 aliphatic carbocycles. The van der Waals surface area contributed by atoms with Crippen LogP contribution in [0.4, 0.5) is 5.82 Å². The maximum atomic E-state index is 12.8. The Labute approximate surface area is 129 Å². The van der Waals surface area contributed by atoms with Crippen LogP contribution in [0.2, 0.25) is 0 Å². The lowest BCUT2D eigenvalue weighted by Gasteiger charge is -2.37. The van der Waals surface area contributed by atoms with Gasteiger partial charge in [-0.25, -0.2) is 4.98 Å². The second-order valence-electron chi connectivity index (χ2n) is 5.54. The normalized spacial score (nSPS) is 20.9. The standard InChI is InChI=1S/C15H22N4O3/c1-17-13-8-11(4-6-18-13)14(21)19-7-3-5-15(19,10-22-2)9-12(16)20/h4,6,8H,3,5,7,9-10H2,1-2H3,(H2,16,20)(H,17,18)/t15-/m1/s1. The number of nitrogens with one attached hydrogen (secondary N) is 1. The first-order chi connectivity index (χ1) is 10.5. The van der Waals surface area contributed by atoms with Gasteiger partial charge >= 0.3 is 0 Å². The highest BCUT2D eigenvalue weighted by Gasteiger charge is 2.45. The van der Waals surface area contributed by atoms with Crippen molar-refractivity contribution in [3.63, 3.8) is 0 Å². The second kappa shape index (κ2) is 6.74. The van der Waals surface area contributed by atoms with Crippen LogP contribution in [-0.2, 0) is 9.53 Å². The Hall–Kier alpha value is -2.15. The van der Waals surface area contributed by atoms with Crippen molar-refractivity contribution in [2.75, 3.05) is 32.6 Å². The molecule has 1 aliphatic rings. The molecule has 120 valence electrons. The molecule has 0 spiro atoms. The lowest BCUT2D eigenvalue weighted by molar-refractivity contribution is -0.121. The van der Waals surface area contributed by atoms with Crippen LogP contribution in [0.25, 0.3) is 0 Å². The number of amides is 2. The van der Waals surface area contributed by atoms with Crippen molar-refractivity contribution in [3.05, 3.63) is 23.9 Å². The number of ether oxygens (including phenoxy) is 1. The average molecular weight is 306 g/mol. The van der Waals surface area contributed by atoms with Gasteiger partial charge in [0.05, 0.1) is 18.6 Å². The van der Waals surface area contributed by atoms with E-state index < -0.39 is 11.4 Å². The largest absolute Gasteiger partial charge is 0.382 e. The molecule has 0 radical (unpaired) electrons. The molecule has 1 atom stereocenters. The minimum Gasteiger partial charge on any atom is -0.382 e. The van der Waals surface area contributed by atoms with Crippen molar-refractivity contribution in [3.8, 4) is 0 Å². The first-order valence-corrected chi connectivity index (χ1v) is 7.25. The predicted molar refractivity (Wildman–Crippen MR) is 82.5 cm³/mol. The lowest BCUT2D eigenvalue weighted by Crippen LogP contribution is -2.52. The number of hydrogen-bond acceptors (Lipinski definition) is 5. The fourth-order valence-electron chi connectivity index (χ4n) is 3.09. The van der Waals surface area contributed by atoms with Gasteiger partial charge in [0, 0.05) is 32.5 Å². The van der Waals surface area contributed by atoms with Crippen LogP contribution in [0, 0.1) is 0 Å². The van der Waals surface area contributed by atoms with E-state index in [9.17, 15) is 9.59 Å². The van der Waals surface area contributed by atoms with Gasteiger partial charge in [-0.15, -0.1) is 0 Å². The van der Waals surface area contributed by atoms with E-state index in [0.29, 0.717) is 31.0 Å². The summed E-state index contributed by atoms with van der Waals surface area (Å²) in [6.45, 7) is 0.887. The summed E-state index contributed by atoms with van der Waals surface area (Å²) in [6.07, 6.45) is 3.23. The number of nitrogens with two attached hydrogens (primary N) is 1. The Morgan fingerprint density at radius 3 is 2.95 bits per heavy atom. The van der Waals surface area contributed by atoms with Crippen LogP contribution in [-0.4, -0.2) is 54.5 Å². The average Bonchev–Trinajstić information content (AvgIpc) is 2.89. The van der Waals surface area contributed by atoms with Gasteiger partial charge in [-0.1, -0.05) is 0 Å². The number of pyridine rings is 1. The Morgan fingerprint density at radius 1 is 1.55 bits per heavy atom. The van der Waals surface area contributed by atoms with Crippen LogP contribution in [0.15, 0.2) is 18.3 Å². The number of methoxy groups -OCH3 is 1. The summed E-state index contributed by atoms with van der Waals surface area (Å²) in [5.74, 6) is 0.0642. The van der Waals surface area contributed by atoms with Crippen LogP contribution in [0.3, 0.4) is 0 Å². The molecule has 1 fully saturated rings. The minimum atomic E-state index is -0.652. The highest BCUT2D eigenvalue weighted by Crippen LogP contribution is 2.34. The number of carbonyl (C=O) groups excluding carboxylic acids is 2. The molecule has 3 N–H and O–H groups in total. The number of anilines is 1. The summed E-state index contributed by atoms with van der Waals surface area (Å²) < 4.78 is 5.26. The Morgan fingerprint density at radius 2 is 2.32 bits per heavy atom. The van der Waals surface area contributed by atoms with Gasteiger partial charge in [0.1, 0.15) is 5.82 Å². The molecular formula is C15H22N4O3. The van der Waals surface area contributed by atoms with Gasteiger partial charge < -0.3 is 20.7 Å². The molecule has 1 aromatic rings. The lowest BCUT2D eigenvalue weighted by atomic mass is 9.92. The molecule has 0 aromatic carbocycles. The maximum absolute atomic E-state index is 12.8. The molecule has 1 aliphatic heterocycles. The van der Waals surface area contributed by atoms with Gasteiger partial charge in [0.25, 0.3) is 5.91 Å². The van der Waals surface area contributed by atoms with Gasteiger partial charge in [-0.3, -0.25) is 9.59 Å². The minimum absolute atomic E-state index is 0.108. The van der Waals surface area contributed by atoms with E-state index >= 15 is 0 Å². The van der Waals surface area contributed by atoms with E-state index in [-0.39, 0.29) is 12.3 Å². The van der Waals surface area contributed by atoms with E-state index in [1.807, 2.05) is 0 Å². The van der Waals surface area contributed by atoms with Crippen LogP contribution in [0.5, 0.6) is 0 Å². The fourth-order valence-corrected chi connectivity index (χ4v) is 3.09. The van der Waals surface area contributed by atoms with Gasteiger partial charge in [0.2, 0.25) is 5.91 Å². The molecule has 7 nitrogen and oxygen atoms in total. The topological polar surface area (TPSA) is 97.5 Å². The summed E-state index contributed by atoms with van der Waals surface area (Å²) >= 11 is 0. The number of primary amides is 1. The molecular weight excluding hydrogens is 284 g/mol. The Bertz CT molecular complexity index is 563. The first kappa shape index (κ1) is 16.2. The van der Waals surface area contributed by atoms with Gasteiger partial charge in [0.15, 0.2) is 0 Å². The highest BCUT2D eigenvalue weighted by molar-refractivity contribution is 5.96. The number of nitrogens with zero attached hydrogens (tertiary/aromatic N) is 2. The van der Waals surface area contributed by atoms with E-state index in [1.165, 1.54) is 0 Å². The summed E-state index contributed by atoms with van der Waals surface area (Å²) in [5.41, 5.74) is 5.26. The number of rotatable bonds is 6.